The Bertz CT molecular complexity index is 1130. The van der Waals surface area contributed by atoms with Crippen molar-refractivity contribution < 1.29 is 23.8 Å². The molecule has 0 aliphatic carbocycles. The van der Waals surface area contributed by atoms with E-state index in [9.17, 15) is 19.4 Å². The Morgan fingerprint density at radius 3 is 2.70 bits per heavy atom. The molecule has 27 heavy (non-hydrogen) atoms. The summed E-state index contributed by atoms with van der Waals surface area (Å²) in [5.74, 6) is -0.236. The summed E-state index contributed by atoms with van der Waals surface area (Å²) < 4.78 is 25.1. The van der Waals surface area contributed by atoms with Crippen LogP contribution in [0.5, 0.6) is 11.5 Å². The number of benzene rings is 2. The van der Waals surface area contributed by atoms with Gasteiger partial charge in [-0.2, -0.15) is 0 Å². The number of rotatable bonds is 1. The first-order valence-corrected chi connectivity index (χ1v) is 8.63. The molecule has 0 bridgehead atoms. The van der Waals surface area contributed by atoms with Gasteiger partial charge in [0.05, 0.1) is 11.7 Å². The van der Waals surface area contributed by atoms with Gasteiger partial charge in [-0.3, -0.25) is 4.79 Å². The number of ether oxygens (including phenoxy) is 1. The molecular formula is C21H19FO5. The quantitative estimate of drug-likeness (QED) is 0.683. The Morgan fingerprint density at radius 1 is 1.26 bits per heavy atom. The zero-order chi connectivity index (χ0) is 19.5. The van der Waals surface area contributed by atoms with Crippen LogP contribution in [0, 0.1) is 12.7 Å². The molecule has 0 saturated carbocycles. The van der Waals surface area contributed by atoms with Crippen LogP contribution >= 0.6 is 0 Å². The van der Waals surface area contributed by atoms with Gasteiger partial charge in [0, 0.05) is 18.1 Å². The summed E-state index contributed by atoms with van der Waals surface area (Å²) in [6.45, 7) is 5.05. The summed E-state index contributed by atoms with van der Waals surface area (Å²) in [6, 6.07) is 5.75. The fraction of sp³-hybridized carbons (Fsp3) is 0.286. The van der Waals surface area contributed by atoms with Crippen LogP contribution in [-0.2, 0) is 6.42 Å². The predicted octanol–water partition coefficient (Wildman–Crippen LogP) is 3.69. The smallest absolute Gasteiger partial charge is 0.204 e. The number of aliphatic hydroxyl groups is 1. The molecule has 1 atom stereocenters. The van der Waals surface area contributed by atoms with Crippen LogP contribution in [0.25, 0.3) is 22.1 Å². The minimum absolute atomic E-state index is 0.0967. The van der Waals surface area contributed by atoms with E-state index in [4.69, 9.17) is 9.15 Å². The van der Waals surface area contributed by atoms with Gasteiger partial charge in [-0.15, -0.1) is 0 Å². The van der Waals surface area contributed by atoms with Crippen molar-refractivity contribution in [2.24, 2.45) is 0 Å². The summed E-state index contributed by atoms with van der Waals surface area (Å²) in [6.07, 6.45) is 0.624. The van der Waals surface area contributed by atoms with Crippen molar-refractivity contribution in [1.82, 2.24) is 0 Å². The van der Waals surface area contributed by atoms with Crippen LogP contribution < -0.4 is 10.2 Å². The summed E-state index contributed by atoms with van der Waals surface area (Å²) in [7, 11) is 0. The molecule has 0 amide bonds. The molecule has 0 fully saturated rings. The number of hydrogen-bond acceptors (Lipinski definition) is 5. The van der Waals surface area contributed by atoms with Gasteiger partial charge in [0.25, 0.3) is 0 Å². The van der Waals surface area contributed by atoms with Crippen LogP contribution in [0.3, 0.4) is 0 Å². The lowest BCUT2D eigenvalue weighted by atomic mass is 9.89. The zero-order valence-electron chi connectivity index (χ0n) is 15.2. The van der Waals surface area contributed by atoms with Gasteiger partial charge in [-0.05, 0) is 44.0 Å². The van der Waals surface area contributed by atoms with Crippen LogP contribution in [-0.4, -0.2) is 21.9 Å². The van der Waals surface area contributed by atoms with Crippen molar-refractivity contribution >= 4 is 11.0 Å². The number of halogens is 1. The van der Waals surface area contributed by atoms with E-state index in [1.54, 1.807) is 26.8 Å². The second-order valence-corrected chi connectivity index (χ2v) is 7.44. The largest absolute Gasteiger partial charge is 0.507 e. The van der Waals surface area contributed by atoms with Crippen molar-refractivity contribution in [1.29, 1.82) is 0 Å². The fourth-order valence-corrected chi connectivity index (χ4v) is 3.37. The minimum atomic E-state index is -0.928. The second kappa shape index (κ2) is 5.82. The molecular weight excluding hydrogens is 351 g/mol. The second-order valence-electron chi connectivity index (χ2n) is 7.44. The van der Waals surface area contributed by atoms with E-state index in [2.05, 4.69) is 0 Å². The maximum Gasteiger partial charge on any atom is 0.204 e. The molecule has 0 saturated heterocycles. The third-order valence-electron chi connectivity index (χ3n) is 5.13. The Hall–Kier alpha value is -2.86. The number of aromatic hydroxyl groups is 1. The molecule has 1 unspecified atom stereocenters. The van der Waals surface area contributed by atoms with Crippen molar-refractivity contribution in [3.63, 3.8) is 0 Å². The molecule has 3 aromatic rings. The maximum absolute atomic E-state index is 13.6. The Balaban J connectivity index is 2.02. The maximum atomic E-state index is 13.6. The number of aryl methyl sites for hydroxylation is 1. The normalized spacial score (nSPS) is 18.2. The van der Waals surface area contributed by atoms with Gasteiger partial charge in [0.2, 0.25) is 5.43 Å². The monoisotopic (exact) mass is 370 g/mol. The Kier molecular flexibility index (Phi) is 3.78. The number of aliphatic hydroxyl groups excluding tert-OH is 1. The average molecular weight is 370 g/mol. The van der Waals surface area contributed by atoms with Gasteiger partial charge in [0.15, 0.2) is 0 Å². The molecule has 0 spiro atoms. The highest BCUT2D eigenvalue weighted by molar-refractivity contribution is 5.90. The number of fused-ring (bicyclic) bond motifs is 3. The molecule has 4 rings (SSSR count). The summed E-state index contributed by atoms with van der Waals surface area (Å²) in [4.78, 5) is 13.2. The average Bonchev–Trinajstić information content (AvgIpc) is 2.59. The highest BCUT2D eigenvalue weighted by atomic mass is 19.1. The van der Waals surface area contributed by atoms with Crippen LogP contribution in [0.2, 0.25) is 0 Å². The highest BCUT2D eigenvalue weighted by Crippen LogP contribution is 2.43. The predicted molar refractivity (Wildman–Crippen MR) is 98.7 cm³/mol. The SMILES string of the molecule is Cc1cc(-c2coc3cc(O)c4c(c3c2=O)OC(C)(C)C(O)C4)ccc1F. The molecule has 1 aliphatic rings. The van der Waals surface area contributed by atoms with Crippen LogP contribution in [0.1, 0.15) is 25.0 Å². The topological polar surface area (TPSA) is 79.9 Å². The fourth-order valence-electron chi connectivity index (χ4n) is 3.37. The zero-order valence-corrected chi connectivity index (χ0v) is 15.2. The van der Waals surface area contributed by atoms with Crippen molar-refractivity contribution in [2.75, 3.05) is 0 Å². The lowest BCUT2D eigenvalue weighted by Gasteiger charge is -2.37. The van der Waals surface area contributed by atoms with E-state index in [1.165, 1.54) is 24.5 Å². The first kappa shape index (κ1) is 17.5. The Labute approximate surface area is 154 Å². The van der Waals surface area contributed by atoms with Crippen molar-refractivity contribution in [3.05, 3.63) is 57.7 Å². The van der Waals surface area contributed by atoms with E-state index in [0.29, 0.717) is 16.7 Å². The summed E-state index contributed by atoms with van der Waals surface area (Å²) in [5.41, 5.74) is 0.501. The summed E-state index contributed by atoms with van der Waals surface area (Å²) in [5, 5.41) is 20.8. The van der Waals surface area contributed by atoms with Crippen molar-refractivity contribution in [2.45, 2.75) is 38.9 Å². The van der Waals surface area contributed by atoms with Gasteiger partial charge < -0.3 is 19.4 Å². The third kappa shape index (κ3) is 2.68. The molecule has 140 valence electrons. The molecule has 1 aliphatic heterocycles. The van der Waals surface area contributed by atoms with Gasteiger partial charge in [-0.25, -0.2) is 4.39 Å². The van der Waals surface area contributed by atoms with E-state index in [0.717, 1.165) is 0 Å². The lowest BCUT2D eigenvalue weighted by Crippen LogP contribution is -2.46. The molecule has 2 aromatic carbocycles. The number of hydrogen-bond donors (Lipinski definition) is 2. The molecule has 1 aromatic heterocycles. The molecule has 0 radical (unpaired) electrons. The minimum Gasteiger partial charge on any atom is -0.507 e. The first-order valence-electron chi connectivity index (χ1n) is 8.63. The highest BCUT2D eigenvalue weighted by Gasteiger charge is 2.38. The first-order chi connectivity index (χ1) is 12.7. The standard InChI is InChI=1S/C21H19FO5/c1-10-6-11(4-5-14(10)22)13-9-26-16-8-15(23)12-7-17(24)21(2,3)27-20(12)18(16)19(13)25/h4-6,8-9,17,23-24H,7H2,1-3H3. The number of phenolic OH excluding ortho intramolecular Hbond substituents is 1. The van der Waals surface area contributed by atoms with E-state index in [1.807, 2.05) is 0 Å². The van der Waals surface area contributed by atoms with Gasteiger partial charge in [-0.1, -0.05) is 6.07 Å². The molecule has 6 heteroatoms. The van der Waals surface area contributed by atoms with E-state index >= 15 is 0 Å². The van der Waals surface area contributed by atoms with E-state index in [-0.39, 0.29) is 45.7 Å². The molecule has 2 heterocycles. The van der Waals surface area contributed by atoms with Crippen molar-refractivity contribution in [3.8, 4) is 22.6 Å². The molecule has 5 nitrogen and oxygen atoms in total. The third-order valence-corrected chi connectivity index (χ3v) is 5.13. The Morgan fingerprint density at radius 2 is 2.00 bits per heavy atom. The van der Waals surface area contributed by atoms with Gasteiger partial charge in [0.1, 0.15) is 40.1 Å². The lowest BCUT2D eigenvalue weighted by molar-refractivity contribution is -0.0406. The van der Waals surface area contributed by atoms with Gasteiger partial charge >= 0.3 is 0 Å². The number of phenols is 1. The van der Waals surface area contributed by atoms with Crippen LogP contribution in [0.4, 0.5) is 4.39 Å². The van der Waals surface area contributed by atoms with E-state index < -0.39 is 11.7 Å². The molecule has 2 N–H and O–H groups in total. The van der Waals surface area contributed by atoms with Crippen LogP contribution in [0.15, 0.2) is 39.7 Å². The summed E-state index contributed by atoms with van der Waals surface area (Å²) >= 11 is 0.